The van der Waals surface area contributed by atoms with Crippen LogP contribution in [0.3, 0.4) is 0 Å². The van der Waals surface area contributed by atoms with Crippen molar-refractivity contribution in [3.8, 4) is 0 Å². The Kier molecular flexibility index (Phi) is 5.57. The number of sulfonamides is 1. The van der Waals surface area contributed by atoms with Gasteiger partial charge in [-0.3, -0.25) is 9.78 Å². The van der Waals surface area contributed by atoms with Crippen molar-refractivity contribution in [2.75, 3.05) is 26.2 Å². The predicted octanol–water partition coefficient (Wildman–Crippen LogP) is 2.37. The summed E-state index contributed by atoms with van der Waals surface area (Å²) in [5.74, 6) is -0.603. The van der Waals surface area contributed by atoms with E-state index in [1.54, 1.807) is 17.0 Å². The molecule has 1 aromatic heterocycles. The van der Waals surface area contributed by atoms with E-state index >= 15 is 0 Å². The van der Waals surface area contributed by atoms with Crippen LogP contribution in [0.2, 0.25) is 0 Å². The first-order chi connectivity index (χ1) is 12.8. The van der Waals surface area contributed by atoms with E-state index in [0.717, 1.165) is 23.5 Å². The molecule has 0 radical (unpaired) electrons. The smallest absolute Gasteiger partial charge is 0.254 e. The van der Waals surface area contributed by atoms with Gasteiger partial charge in [-0.05, 0) is 56.7 Å². The number of benzene rings is 1. The van der Waals surface area contributed by atoms with Crippen LogP contribution < -0.4 is 0 Å². The molecule has 1 saturated heterocycles. The molecule has 8 heteroatoms. The normalized spacial score (nSPS) is 16.2. The number of amides is 1. The van der Waals surface area contributed by atoms with Crippen LogP contribution in [0.25, 0.3) is 0 Å². The van der Waals surface area contributed by atoms with Crippen molar-refractivity contribution in [1.82, 2.24) is 14.2 Å². The highest BCUT2D eigenvalue weighted by atomic mass is 32.2. The maximum absolute atomic E-state index is 13.1. The molecule has 6 nitrogen and oxygen atoms in total. The molecule has 0 unspecified atom stereocenters. The van der Waals surface area contributed by atoms with E-state index in [2.05, 4.69) is 4.98 Å². The minimum absolute atomic E-state index is 0.0593. The summed E-state index contributed by atoms with van der Waals surface area (Å²) in [6.45, 7) is 4.98. The lowest BCUT2D eigenvalue weighted by Crippen LogP contribution is -2.37. The van der Waals surface area contributed by atoms with Crippen LogP contribution >= 0.6 is 0 Å². The fraction of sp³-hybridized carbons (Fsp3) is 0.368. The van der Waals surface area contributed by atoms with E-state index in [4.69, 9.17) is 0 Å². The summed E-state index contributed by atoms with van der Waals surface area (Å²) in [6.07, 6.45) is 0.537. The molecular weight excluding hydrogens is 369 g/mol. The molecule has 0 saturated carbocycles. The van der Waals surface area contributed by atoms with Crippen molar-refractivity contribution in [1.29, 1.82) is 0 Å². The Hall–Kier alpha value is -2.32. The second-order valence-electron chi connectivity index (χ2n) is 6.64. The molecule has 0 bridgehead atoms. The molecule has 2 aromatic rings. The molecule has 1 amide bonds. The number of pyridine rings is 1. The van der Waals surface area contributed by atoms with Gasteiger partial charge in [0.25, 0.3) is 5.91 Å². The summed E-state index contributed by atoms with van der Waals surface area (Å²) in [7, 11) is -3.71. The Morgan fingerprint density at radius 3 is 2.26 bits per heavy atom. The highest BCUT2D eigenvalue weighted by molar-refractivity contribution is 7.89. The Morgan fingerprint density at radius 2 is 1.63 bits per heavy atom. The molecule has 144 valence electrons. The van der Waals surface area contributed by atoms with E-state index in [9.17, 15) is 17.6 Å². The fourth-order valence-electron chi connectivity index (χ4n) is 3.23. The van der Waals surface area contributed by atoms with E-state index in [0.29, 0.717) is 31.6 Å². The van der Waals surface area contributed by atoms with Gasteiger partial charge >= 0.3 is 0 Å². The van der Waals surface area contributed by atoms with Crippen LogP contribution in [0.5, 0.6) is 0 Å². The molecule has 1 fully saturated rings. The molecule has 0 N–H and O–H groups in total. The SMILES string of the molecule is Cc1cc(C(=O)N2CCCN(S(=O)(=O)c3ccc(F)cc3)CC2)cc(C)n1. The Labute approximate surface area is 158 Å². The number of aromatic nitrogens is 1. The number of hydrogen-bond acceptors (Lipinski definition) is 4. The van der Waals surface area contributed by atoms with Crippen molar-refractivity contribution >= 4 is 15.9 Å². The predicted molar refractivity (Wildman–Crippen MR) is 99.4 cm³/mol. The highest BCUT2D eigenvalue weighted by Crippen LogP contribution is 2.19. The number of aryl methyl sites for hydroxylation is 2. The lowest BCUT2D eigenvalue weighted by atomic mass is 10.1. The van der Waals surface area contributed by atoms with Crippen molar-refractivity contribution in [2.45, 2.75) is 25.2 Å². The van der Waals surface area contributed by atoms with Gasteiger partial charge in [-0.25, -0.2) is 12.8 Å². The average Bonchev–Trinajstić information content (AvgIpc) is 2.87. The van der Waals surface area contributed by atoms with Crippen molar-refractivity contribution in [3.05, 3.63) is 59.2 Å². The Morgan fingerprint density at radius 1 is 1.00 bits per heavy atom. The van der Waals surface area contributed by atoms with Crippen LogP contribution in [0.1, 0.15) is 28.2 Å². The first-order valence-corrected chi connectivity index (χ1v) is 10.2. The van der Waals surface area contributed by atoms with Gasteiger partial charge in [0.2, 0.25) is 10.0 Å². The zero-order valence-electron chi connectivity index (χ0n) is 15.4. The molecule has 1 aliphatic heterocycles. The van der Waals surface area contributed by atoms with E-state index in [1.807, 2.05) is 13.8 Å². The summed E-state index contributed by atoms with van der Waals surface area (Å²) >= 11 is 0. The van der Waals surface area contributed by atoms with Crippen molar-refractivity contribution in [3.63, 3.8) is 0 Å². The quantitative estimate of drug-likeness (QED) is 0.805. The summed E-state index contributed by atoms with van der Waals surface area (Å²) < 4.78 is 40.0. The van der Waals surface area contributed by atoms with Crippen LogP contribution in [0.15, 0.2) is 41.3 Å². The molecule has 2 heterocycles. The fourth-order valence-corrected chi connectivity index (χ4v) is 4.70. The number of nitrogens with zero attached hydrogens (tertiary/aromatic N) is 3. The molecule has 1 aromatic carbocycles. The number of carbonyl (C=O) groups is 1. The Balaban J connectivity index is 1.75. The molecule has 0 aliphatic carbocycles. The van der Waals surface area contributed by atoms with Crippen LogP contribution in [-0.2, 0) is 10.0 Å². The summed E-state index contributed by atoms with van der Waals surface area (Å²) in [5.41, 5.74) is 2.11. The third-order valence-electron chi connectivity index (χ3n) is 4.52. The number of hydrogen-bond donors (Lipinski definition) is 0. The van der Waals surface area contributed by atoms with Gasteiger partial charge in [-0.1, -0.05) is 0 Å². The topological polar surface area (TPSA) is 70.6 Å². The molecule has 0 atom stereocenters. The standard InChI is InChI=1S/C19H22FN3O3S/c1-14-12-16(13-15(2)21-14)19(24)22-8-3-9-23(11-10-22)27(25,26)18-6-4-17(20)5-7-18/h4-7,12-13H,3,8-11H2,1-2H3. The molecular formula is C19H22FN3O3S. The molecule has 3 rings (SSSR count). The number of halogens is 1. The third-order valence-corrected chi connectivity index (χ3v) is 6.43. The maximum atomic E-state index is 13.1. The van der Waals surface area contributed by atoms with Gasteiger partial charge in [0.05, 0.1) is 4.90 Å². The minimum Gasteiger partial charge on any atom is -0.337 e. The zero-order chi connectivity index (χ0) is 19.6. The summed E-state index contributed by atoms with van der Waals surface area (Å²) in [6, 6.07) is 8.28. The van der Waals surface area contributed by atoms with Gasteiger partial charge in [0.1, 0.15) is 5.82 Å². The second-order valence-corrected chi connectivity index (χ2v) is 8.58. The molecule has 27 heavy (non-hydrogen) atoms. The maximum Gasteiger partial charge on any atom is 0.254 e. The first-order valence-electron chi connectivity index (χ1n) is 8.77. The summed E-state index contributed by atoms with van der Waals surface area (Å²) in [4.78, 5) is 18.8. The highest BCUT2D eigenvalue weighted by Gasteiger charge is 2.28. The van der Waals surface area contributed by atoms with Gasteiger partial charge < -0.3 is 4.90 Å². The van der Waals surface area contributed by atoms with Gasteiger partial charge in [-0.2, -0.15) is 4.31 Å². The number of rotatable bonds is 3. The monoisotopic (exact) mass is 391 g/mol. The van der Waals surface area contributed by atoms with Crippen LogP contribution in [0.4, 0.5) is 4.39 Å². The lowest BCUT2D eigenvalue weighted by molar-refractivity contribution is 0.0764. The largest absolute Gasteiger partial charge is 0.337 e. The van der Waals surface area contributed by atoms with Crippen molar-refractivity contribution in [2.24, 2.45) is 0 Å². The molecule has 0 spiro atoms. The lowest BCUT2D eigenvalue weighted by Gasteiger charge is -2.22. The van der Waals surface area contributed by atoms with Crippen LogP contribution in [-0.4, -0.2) is 54.7 Å². The van der Waals surface area contributed by atoms with E-state index < -0.39 is 15.8 Å². The number of carbonyl (C=O) groups excluding carboxylic acids is 1. The van der Waals surface area contributed by atoms with E-state index in [1.165, 1.54) is 16.4 Å². The minimum atomic E-state index is -3.71. The average molecular weight is 391 g/mol. The van der Waals surface area contributed by atoms with Crippen LogP contribution in [0, 0.1) is 19.7 Å². The molecule has 1 aliphatic rings. The Bertz CT molecular complexity index is 925. The first kappa shape index (κ1) is 19.4. The van der Waals surface area contributed by atoms with E-state index in [-0.39, 0.29) is 17.3 Å². The zero-order valence-corrected chi connectivity index (χ0v) is 16.2. The van der Waals surface area contributed by atoms with Gasteiger partial charge in [-0.15, -0.1) is 0 Å². The second kappa shape index (κ2) is 7.74. The van der Waals surface area contributed by atoms with Crippen molar-refractivity contribution < 1.29 is 17.6 Å². The third kappa shape index (κ3) is 4.33. The van der Waals surface area contributed by atoms with Gasteiger partial charge in [0, 0.05) is 43.1 Å². The van der Waals surface area contributed by atoms with Gasteiger partial charge in [0.15, 0.2) is 0 Å². The summed E-state index contributed by atoms with van der Waals surface area (Å²) in [5, 5.41) is 0.